The van der Waals surface area contributed by atoms with Crippen LogP contribution in [0.5, 0.6) is 0 Å². The van der Waals surface area contributed by atoms with Crippen molar-refractivity contribution in [3.63, 3.8) is 0 Å². The zero-order chi connectivity index (χ0) is 17.0. The molecule has 1 saturated heterocycles. The zero-order valence-electron chi connectivity index (χ0n) is 12.7. The number of amides is 1. The monoisotopic (exact) mass is 347 g/mol. The first-order chi connectivity index (χ1) is 10.8. The largest absolute Gasteiger partial charge is 0.337 e. The van der Waals surface area contributed by atoms with Crippen LogP contribution >= 0.6 is 0 Å². The van der Waals surface area contributed by atoms with E-state index in [-0.39, 0.29) is 29.8 Å². The van der Waals surface area contributed by atoms with Crippen LogP contribution in [0.15, 0.2) is 23.1 Å². The van der Waals surface area contributed by atoms with Crippen molar-refractivity contribution in [3.05, 3.63) is 29.8 Å². The van der Waals surface area contributed by atoms with E-state index in [1.165, 1.54) is 0 Å². The van der Waals surface area contributed by atoms with Crippen molar-refractivity contribution < 1.29 is 22.0 Å². The van der Waals surface area contributed by atoms with E-state index in [1.54, 1.807) is 4.90 Å². The normalized spacial score (nSPS) is 18.9. The second-order valence-electron chi connectivity index (χ2n) is 5.36. The molecule has 1 amide bonds. The van der Waals surface area contributed by atoms with Gasteiger partial charge in [0.25, 0.3) is 0 Å². The maximum Gasteiger partial charge on any atom is 0.240 e. The van der Waals surface area contributed by atoms with Crippen LogP contribution in [0.25, 0.3) is 0 Å². The van der Waals surface area contributed by atoms with Crippen LogP contribution in [0.2, 0.25) is 0 Å². The Labute approximate surface area is 133 Å². The number of rotatable bonds is 5. The van der Waals surface area contributed by atoms with Gasteiger partial charge in [-0.15, -0.1) is 0 Å². The molecule has 0 aliphatic carbocycles. The maximum absolute atomic E-state index is 13.1. The molecule has 1 aliphatic heterocycles. The molecular formula is C14H19F2N3O3S. The molecule has 9 heteroatoms. The minimum atomic E-state index is -3.98. The molecule has 1 heterocycles. The number of nitrogens with zero attached hydrogens (tertiary/aromatic N) is 1. The molecule has 1 atom stereocenters. The van der Waals surface area contributed by atoms with Crippen molar-refractivity contribution in [1.29, 1.82) is 0 Å². The molecule has 1 aliphatic rings. The van der Waals surface area contributed by atoms with Crippen molar-refractivity contribution >= 4 is 15.9 Å². The third-order valence-electron chi connectivity index (χ3n) is 3.65. The lowest BCUT2D eigenvalue weighted by atomic mass is 10.2. The summed E-state index contributed by atoms with van der Waals surface area (Å²) >= 11 is 0. The number of hydrogen-bond donors (Lipinski definition) is 2. The van der Waals surface area contributed by atoms with Gasteiger partial charge in [-0.1, -0.05) is 0 Å². The fourth-order valence-corrected chi connectivity index (χ4v) is 3.42. The van der Waals surface area contributed by atoms with Gasteiger partial charge in [-0.25, -0.2) is 21.9 Å². The second-order valence-corrected chi connectivity index (χ2v) is 7.13. The number of sulfonamides is 1. The quantitative estimate of drug-likeness (QED) is 0.811. The smallest absolute Gasteiger partial charge is 0.240 e. The molecule has 0 spiro atoms. The summed E-state index contributed by atoms with van der Waals surface area (Å²) in [5.74, 6) is -2.50. The van der Waals surface area contributed by atoms with E-state index in [4.69, 9.17) is 0 Å². The first kappa shape index (κ1) is 17.8. The summed E-state index contributed by atoms with van der Waals surface area (Å²) < 4.78 is 52.1. The van der Waals surface area contributed by atoms with E-state index in [2.05, 4.69) is 10.0 Å². The highest BCUT2D eigenvalue weighted by atomic mass is 32.2. The lowest BCUT2D eigenvalue weighted by Crippen LogP contribution is -2.52. The van der Waals surface area contributed by atoms with Crippen LogP contribution in [0, 0.1) is 11.6 Å². The maximum atomic E-state index is 13.1. The molecule has 6 nitrogen and oxygen atoms in total. The fraction of sp³-hybridized carbons (Fsp3) is 0.500. The number of hydrogen-bond acceptors (Lipinski definition) is 4. The standard InChI is InChI=1S/C14H19F2N3O3S/c1-10-9-17-6-7-19(10)14(20)4-5-18-23(21,22)11-2-3-12(15)13(16)8-11/h2-3,8,10,17-18H,4-7,9H2,1H3/t10-/m1/s1. The van der Waals surface area contributed by atoms with Gasteiger partial charge in [-0.05, 0) is 25.1 Å². The highest BCUT2D eigenvalue weighted by Crippen LogP contribution is 2.13. The molecular weight excluding hydrogens is 328 g/mol. The summed E-state index contributed by atoms with van der Waals surface area (Å²) in [6, 6.07) is 2.38. The fourth-order valence-electron chi connectivity index (χ4n) is 2.37. The summed E-state index contributed by atoms with van der Waals surface area (Å²) in [7, 11) is -3.98. The van der Waals surface area contributed by atoms with Crippen molar-refractivity contribution in [1.82, 2.24) is 14.9 Å². The Bertz CT molecular complexity index is 682. The topological polar surface area (TPSA) is 78.5 Å². The molecule has 2 N–H and O–H groups in total. The van der Waals surface area contributed by atoms with Crippen LogP contribution in [-0.4, -0.2) is 51.4 Å². The Morgan fingerprint density at radius 3 is 2.78 bits per heavy atom. The molecule has 1 aromatic rings. The van der Waals surface area contributed by atoms with Crippen molar-refractivity contribution in [2.45, 2.75) is 24.3 Å². The minimum absolute atomic E-state index is 0.00719. The lowest BCUT2D eigenvalue weighted by molar-refractivity contribution is -0.133. The van der Waals surface area contributed by atoms with Crippen LogP contribution in [0.3, 0.4) is 0 Å². The van der Waals surface area contributed by atoms with Crippen molar-refractivity contribution in [2.24, 2.45) is 0 Å². The first-order valence-electron chi connectivity index (χ1n) is 7.26. The van der Waals surface area contributed by atoms with Gasteiger partial charge in [-0.2, -0.15) is 0 Å². The van der Waals surface area contributed by atoms with E-state index >= 15 is 0 Å². The Balaban J connectivity index is 1.91. The Morgan fingerprint density at radius 1 is 1.39 bits per heavy atom. The van der Waals surface area contributed by atoms with Crippen LogP contribution in [0.1, 0.15) is 13.3 Å². The van der Waals surface area contributed by atoms with Gasteiger partial charge >= 0.3 is 0 Å². The highest BCUT2D eigenvalue weighted by molar-refractivity contribution is 7.89. The summed E-state index contributed by atoms with van der Waals surface area (Å²) in [6.07, 6.45) is 0.00719. The summed E-state index contributed by atoms with van der Waals surface area (Å²) in [6.45, 7) is 3.80. The van der Waals surface area contributed by atoms with Gasteiger partial charge in [0.15, 0.2) is 11.6 Å². The van der Waals surface area contributed by atoms with Crippen LogP contribution in [-0.2, 0) is 14.8 Å². The minimum Gasteiger partial charge on any atom is -0.337 e. The lowest BCUT2D eigenvalue weighted by Gasteiger charge is -2.34. The van der Waals surface area contributed by atoms with Gasteiger partial charge in [0, 0.05) is 38.6 Å². The van der Waals surface area contributed by atoms with Crippen LogP contribution < -0.4 is 10.0 Å². The Morgan fingerprint density at radius 2 is 2.13 bits per heavy atom. The highest BCUT2D eigenvalue weighted by Gasteiger charge is 2.23. The van der Waals surface area contributed by atoms with Gasteiger partial charge < -0.3 is 10.2 Å². The summed E-state index contributed by atoms with van der Waals surface area (Å²) in [5.41, 5.74) is 0. The number of carbonyl (C=O) groups excluding carboxylic acids is 1. The molecule has 0 unspecified atom stereocenters. The van der Waals surface area contributed by atoms with Crippen LogP contribution in [0.4, 0.5) is 8.78 Å². The third-order valence-corrected chi connectivity index (χ3v) is 5.11. The number of benzene rings is 1. The molecule has 128 valence electrons. The van der Waals surface area contributed by atoms with Crippen molar-refractivity contribution in [3.8, 4) is 0 Å². The van der Waals surface area contributed by atoms with Gasteiger partial charge in [-0.3, -0.25) is 4.79 Å². The number of piperazine rings is 1. The summed E-state index contributed by atoms with van der Waals surface area (Å²) in [4.78, 5) is 13.4. The van der Waals surface area contributed by atoms with E-state index in [9.17, 15) is 22.0 Å². The Kier molecular flexibility index (Phi) is 5.66. The molecule has 0 aromatic heterocycles. The molecule has 1 fully saturated rings. The van der Waals surface area contributed by atoms with E-state index in [1.807, 2.05) is 6.92 Å². The Hall–Kier alpha value is -1.58. The first-order valence-corrected chi connectivity index (χ1v) is 8.74. The van der Waals surface area contributed by atoms with E-state index in [0.29, 0.717) is 25.7 Å². The summed E-state index contributed by atoms with van der Waals surface area (Å²) in [5, 5.41) is 3.16. The molecule has 0 bridgehead atoms. The second kappa shape index (κ2) is 7.33. The predicted octanol–water partition coefficient (Wildman–Crippen LogP) is 0.453. The third kappa shape index (κ3) is 4.46. The number of halogens is 2. The van der Waals surface area contributed by atoms with E-state index in [0.717, 1.165) is 12.1 Å². The molecule has 23 heavy (non-hydrogen) atoms. The molecule has 1 aromatic carbocycles. The number of nitrogens with one attached hydrogen (secondary N) is 2. The number of carbonyl (C=O) groups is 1. The van der Waals surface area contributed by atoms with Gasteiger partial charge in [0.1, 0.15) is 0 Å². The average molecular weight is 347 g/mol. The van der Waals surface area contributed by atoms with Gasteiger partial charge in [0.2, 0.25) is 15.9 Å². The molecule has 2 rings (SSSR count). The van der Waals surface area contributed by atoms with Crippen molar-refractivity contribution in [2.75, 3.05) is 26.2 Å². The van der Waals surface area contributed by atoms with Gasteiger partial charge in [0.05, 0.1) is 4.90 Å². The molecule has 0 radical (unpaired) electrons. The van der Waals surface area contributed by atoms with E-state index < -0.39 is 21.7 Å². The SMILES string of the molecule is C[C@@H]1CNCCN1C(=O)CCNS(=O)(=O)c1ccc(F)c(F)c1. The zero-order valence-corrected chi connectivity index (χ0v) is 13.5. The predicted molar refractivity (Wildman–Crippen MR) is 80.2 cm³/mol. The average Bonchev–Trinajstić information content (AvgIpc) is 2.50. The molecule has 0 saturated carbocycles.